The second-order valence-electron chi connectivity index (χ2n) is 5.96. The molecule has 0 spiro atoms. The average molecular weight is 373 g/mol. The van der Waals surface area contributed by atoms with Gasteiger partial charge in [-0.25, -0.2) is 14.5 Å². The van der Waals surface area contributed by atoms with E-state index in [0.29, 0.717) is 21.1 Å². The van der Waals surface area contributed by atoms with Crippen molar-refractivity contribution >= 4 is 35.4 Å². The van der Waals surface area contributed by atoms with Gasteiger partial charge in [0, 0.05) is 12.2 Å². The number of nitrogens with one attached hydrogen (secondary N) is 1. The maximum atomic E-state index is 12.1. The molecule has 1 aliphatic rings. The standard InChI is InChI=1S/C18H19N3O6/c1-4-9-20-15(23)16(24)21(18(20)26)10-14(22)19-13-7-5-12(6-8-13)17(25)27-11(2)3/h4-8,11H,1,9-10H2,2-3H3,(H,19,22). The van der Waals surface area contributed by atoms with E-state index in [1.54, 1.807) is 13.8 Å². The molecule has 5 amide bonds. The highest BCUT2D eigenvalue weighted by atomic mass is 16.5. The highest BCUT2D eigenvalue weighted by molar-refractivity contribution is 6.45. The molecule has 1 heterocycles. The Balaban J connectivity index is 1.98. The summed E-state index contributed by atoms with van der Waals surface area (Å²) in [7, 11) is 0. The van der Waals surface area contributed by atoms with Crippen LogP contribution in [-0.4, -0.2) is 58.7 Å². The smallest absolute Gasteiger partial charge is 0.338 e. The van der Waals surface area contributed by atoms with Gasteiger partial charge in [-0.15, -0.1) is 6.58 Å². The molecule has 1 saturated heterocycles. The molecule has 1 aliphatic heterocycles. The van der Waals surface area contributed by atoms with Gasteiger partial charge >= 0.3 is 23.8 Å². The molecule has 0 unspecified atom stereocenters. The SMILES string of the molecule is C=CCN1C(=O)C(=O)N(CC(=O)Nc2ccc(C(=O)OC(C)C)cc2)C1=O. The van der Waals surface area contributed by atoms with E-state index >= 15 is 0 Å². The first-order valence-electron chi connectivity index (χ1n) is 8.13. The van der Waals surface area contributed by atoms with Gasteiger partial charge in [0.25, 0.3) is 0 Å². The van der Waals surface area contributed by atoms with Crippen LogP contribution in [0.1, 0.15) is 24.2 Å². The van der Waals surface area contributed by atoms with E-state index in [4.69, 9.17) is 4.74 Å². The molecule has 0 saturated carbocycles. The van der Waals surface area contributed by atoms with E-state index < -0.39 is 36.3 Å². The highest BCUT2D eigenvalue weighted by Gasteiger charge is 2.44. The Bertz CT molecular complexity index is 800. The van der Waals surface area contributed by atoms with E-state index in [2.05, 4.69) is 11.9 Å². The number of carbonyl (C=O) groups excluding carboxylic acids is 5. The summed E-state index contributed by atoms with van der Waals surface area (Å²) < 4.78 is 5.06. The van der Waals surface area contributed by atoms with Crippen LogP contribution in [0, 0.1) is 0 Å². The van der Waals surface area contributed by atoms with Crippen molar-refractivity contribution in [2.75, 3.05) is 18.4 Å². The molecule has 1 fully saturated rings. The first-order valence-corrected chi connectivity index (χ1v) is 8.13. The number of rotatable bonds is 7. The summed E-state index contributed by atoms with van der Waals surface area (Å²) in [5.41, 5.74) is 0.673. The van der Waals surface area contributed by atoms with Crippen LogP contribution in [0.2, 0.25) is 0 Å². The second kappa shape index (κ2) is 8.26. The third-order valence-electron chi connectivity index (χ3n) is 3.50. The van der Waals surface area contributed by atoms with E-state index in [9.17, 15) is 24.0 Å². The zero-order valence-corrected chi connectivity index (χ0v) is 14.9. The summed E-state index contributed by atoms with van der Waals surface area (Å²) in [5, 5.41) is 2.49. The average Bonchev–Trinajstić information content (AvgIpc) is 2.80. The lowest BCUT2D eigenvalue weighted by molar-refractivity contribution is -0.143. The van der Waals surface area contributed by atoms with Crippen LogP contribution >= 0.6 is 0 Å². The summed E-state index contributed by atoms with van der Waals surface area (Å²) in [4.78, 5) is 60.8. The lowest BCUT2D eigenvalue weighted by Gasteiger charge is -2.14. The molecule has 0 aromatic heterocycles. The molecule has 0 aliphatic carbocycles. The van der Waals surface area contributed by atoms with Gasteiger partial charge in [0.15, 0.2) is 0 Å². The number of anilines is 1. The van der Waals surface area contributed by atoms with Crippen LogP contribution in [0.15, 0.2) is 36.9 Å². The minimum atomic E-state index is -1.07. The van der Waals surface area contributed by atoms with E-state index in [1.165, 1.54) is 30.3 Å². The number of esters is 1. The molecular weight excluding hydrogens is 354 g/mol. The van der Waals surface area contributed by atoms with Crippen LogP contribution in [0.5, 0.6) is 0 Å². The van der Waals surface area contributed by atoms with E-state index in [-0.39, 0.29) is 12.6 Å². The second-order valence-corrected chi connectivity index (χ2v) is 5.96. The lowest BCUT2D eigenvalue weighted by atomic mass is 10.2. The van der Waals surface area contributed by atoms with Crippen LogP contribution in [0.4, 0.5) is 10.5 Å². The van der Waals surface area contributed by atoms with Gasteiger partial charge in [-0.3, -0.25) is 19.3 Å². The molecule has 1 aromatic rings. The first-order chi connectivity index (χ1) is 12.7. The number of imide groups is 2. The molecule has 27 heavy (non-hydrogen) atoms. The molecule has 2 rings (SSSR count). The zero-order chi connectivity index (χ0) is 20.1. The summed E-state index contributed by atoms with van der Waals surface area (Å²) in [6, 6.07) is 5.05. The minimum absolute atomic E-state index is 0.116. The number of hydrogen-bond donors (Lipinski definition) is 1. The Labute approximate surface area is 155 Å². The van der Waals surface area contributed by atoms with Gasteiger partial charge in [-0.05, 0) is 38.1 Å². The topological polar surface area (TPSA) is 113 Å². The fraction of sp³-hybridized carbons (Fsp3) is 0.278. The Morgan fingerprint density at radius 2 is 1.70 bits per heavy atom. The number of amides is 5. The predicted octanol–water partition coefficient (Wildman–Crippen LogP) is 1.17. The van der Waals surface area contributed by atoms with Crippen molar-refractivity contribution in [3.63, 3.8) is 0 Å². The highest BCUT2D eigenvalue weighted by Crippen LogP contribution is 2.14. The van der Waals surface area contributed by atoms with E-state index in [1.807, 2.05) is 0 Å². The molecule has 1 N–H and O–H groups in total. The summed E-state index contributed by atoms with van der Waals surface area (Å²) >= 11 is 0. The molecule has 1 aromatic carbocycles. The fourth-order valence-corrected chi connectivity index (χ4v) is 2.30. The largest absolute Gasteiger partial charge is 0.459 e. The van der Waals surface area contributed by atoms with Crippen LogP contribution in [-0.2, 0) is 19.1 Å². The third kappa shape index (κ3) is 4.57. The number of hydrogen-bond acceptors (Lipinski definition) is 6. The van der Waals surface area contributed by atoms with Gasteiger partial charge < -0.3 is 10.1 Å². The van der Waals surface area contributed by atoms with Crippen molar-refractivity contribution in [3.05, 3.63) is 42.5 Å². The Hall–Kier alpha value is -3.49. The van der Waals surface area contributed by atoms with Crippen molar-refractivity contribution in [2.24, 2.45) is 0 Å². The maximum absolute atomic E-state index is 12.1. The maximum Gasteiger partial charge on any atom is 0.338 e. The Kier molecular flexibility index (Phi) is 6.07. The minimum Gasteiger partial charge on any atom is -0.459 e. The zero-order valence-electron chi connectivity index (χ0n) is 14.9. The Morgan fingerprint density at radius 3 is 2.26 bits per heavy atom. The molecule has 0 radical (unpaired) electrons. The summed E-state index contributed by atoms with van der Waals surface area (Å²) in [6.45, 7) is 6.15. The van der Waals surface area contributed by atoms with Crippen LogP contribution in [0.3, 0.4) is 0 Å². The number of ether oxygens (including phenoxy) is 1. The van der Waals surface area contributed by atoms with E-state index in [0.717, 1.165) is 0 Å². The van der Waals surface area contributed by atoms with Crippen molar-refractivity contribution in [1.82, 2.24) is 9.80 Å². The number of nitrogens with zero attached hydrogens (tertiary/aromatic N) is 2. The van der Waals surface area contributed by atoms with Gasteiger partial charge in [-0.2, -0.15) is 0 Å². The Morgan fingerprint density at radius 1 is 1.11 bits per heavy atom. The number of urea groups is 1. The van der Waals surface area contributed by atoms with Crippen LogP contribution in [0.25, 0.3) is 0 Å². The van der Waals surface area contributed by atoms with Gasteiger partial charge in [0.1, 0.15) is 6.54 Å². The van der Waals surface area contributed by atoms with Gasteiger partial charge in [-0.1, -0.05) is 6.08 Å². The molecule has 0 bridgehead atoms. The summed E-state index contributed by atoms with van der Waals surface area (Å²) in [5.74, 6) is -3.22. The molecule has 9 nitrogen and oxygen atoms in total. The monoisotopic (exact) mass is 373 g/mol. The number of benzene rings is 1. The predicted molar refractivity (Wildman–Crippen MR) is 94.6 cm³/mol. The molecule has 9 heteroatoms. The van der Waals surface area contributed by atoms with Crippen molar-refractivity contribution in [3.8, 4) is 0 Å². The molecular formula is C18H19N3O6. The van der Waals surface area contributed by atoms with Crippen LogP contribution < -0.4 is 5.32 Å². The normalized spacial score (nSPS) is 14.0. The lowest BCUT2D eigenvalue weighted by Crippen LogP contribution is -2.39. The molecule has 0 atom stereocenters. The quantitative estimate of drug-likeness (QED) is 0.332. The van der Waals surface area contributed by atoms with Crippen molar-refractivity contribution in [2.45, 2.75) is 20.0 Å². The first kappa shape index (κ1) is 19.8. The van der Waals surface area contributed by atoms with Gasteiger partial charge in [0.2, 0.25) is 5.91 Å². The van der Waals surface area contributed by atoms with Crippen molar-refractivity contribution < 1.29 is 28.7 Å². The van der Waals surface area contributed by atoms with Crippen molar-refractivity contribution in [1.29, 1.82) is 0 Å². The number of carbonyl (C=O) groups is 5. The third-order valence-corrected chi connectivity index (χ3v) is 3.50. The fourth-order valence-electron chi connectivity index (χ4n) is 2.30. The molecule has 142 valence electrons. The van der Waals surface area contributed by atoms with Gasteiger partial charge in [0.05, 0.1) is 11.7 Å². The summed E-state index contributed by atoms with van der Waals surface area (Å²) in [6.07, 6.45) is 1.05.